The topological polar surface area (TPSA) is 48.4 Å². The minimum absolute atomic E-state index is 0.00958. The van der Waals surface area contributed by atoms with Gasteiger partial charge in [0.1, 0.15) is 24.0 Å². The Hall–Kier alpha value is -3.28. The van der Waals surface area contributed by atoms with Gasteiger partial charge in [-0.3, -0.25) is 4.98 Å². The quantitative estimate of drug-likeness (QED) is 0.637. The Balaban J connectivity index is 1.78. The van der Waals surface area contributed by atoms with Crippen LogP contribution in [0.4, 0.5) is 8.78 Å². The summed E-state index contributed by atoms with van der Waals surface area (Å²) in [5.41, 5.74) is 1.05. The largest absolute Gasteiger partial charge is 0.497 e. The van der Waals surface area contributed by atoms with Gasteiger partial charge in [0, 0.05) is 24.0 Å². The van der Waals surface area contributed by atoms with E-state index in [4.69, 9.17) is 9.47 Å². The number of carbonyl (C=O) groups is 1. The van der Waals surface area contributed by atoms with E-state index in [1.807, 2.05) is 0 Å². The summed E-state index contributed by atoms with van der Waals surface area (Å²) in [7, 11) is 1.43. The van der Waals surface area contributed by atoms with Crippen LogP contribution in [0.2, 0.25) is 0 Å². The zero-order valence-corrected chi connectivity index (χ0v) is 13.9. The summed E-state index contributed by atoms with van der Waals surface area (Å²) >= 11 is 0. The van der Waals surface area contributed by atoms with Gasteiger partial charge in [0.15, 0.2) is 0 Å². The van der Waals surface area contributed by atoms with Gasteiger partial charge < -0.3 is 9.47 Å². The summed E-state index contributed by atoms with van der Waals surface area (Å²) < 4.78 is 38.5. The number of hydrogen-bond acceptors (Lipinski definition) is 4. The van der Waals surface area contributed by atoms with Crippen molar-refractivity contribution in [2.24, 2.45) is 0 Å². The Kier molecular flexibility index (Phi) is 5.22. The van der Waals surface area contributed by atoms with E-state index in [9.17, 15) is 13.6 Å². The molecule has 0 fully saturated rings. The van der Waals surface area contributed by atoms with Crippen LogP contribution in [0.5, 0.6) is 5.75 Å². The van der Waals surface area contributed by atoms with Gasteiger partial charge in [0.25, 0.3) is 0 Å². The zero-order valence-electron chi connectivity index (χ0n) is 13.9. The molecule has 0 saturated heterocycles. The van der Waals surface area contributed by atoms with E-state index in [1.165, 1.54) is 31.4 Å². The summed E-state index contributed by atoms with van der Waals surface area (Å²) in [4.78, 5) is 15.9. The molecule has 0 aliphatic heterocycles. The van der Waals surface area contributed by atoms with E-state index >= 15 is 0 Å². The molecule has 0 spiro atoms. The Bertz CT molecular complexity index is 930. The lowest BCUT2D eigenvalue weighted by molar-refractivity contribution is 0.0467. The van der Waals surface area contributed by atoms with Gasteiger partial charge in [0.05, 0.1) is 12.7 Å². The van der Waals surface area contributed by atoms with Crippen LogP contribution in [0, 0.1) is 11.6 Å². The highest BCUT2D eigenvalue weighted by Gasteiger charge is 2.16. The first-order valence-electron chi connectivity index (χ1n) is 7.78. The van der Waals surface area contributed by atoms with E-state index < -0.39 is 17.6 Å². The maximum Gasteiger partial charge on any atom is 0.341 e. The minimum Gasteiger partial charge on any atom is -0.497 e. The average Bonchev–Trinajstić information content (AvgIpc) is 2.66. The third kappa shape index (κ3) is 3.85. The number of hydrogen-bond donors (Lipinski definition) is 0. The number of aromatic nitrogens is 1. The molecule has 4 nitrogen and oxygen atoms in total. The SMILES string of the molecule is COc1ccc(-c2ccc(C(=O)OCc3ccncc3)c(F)c2)c(F)c1. The van der Waals surface area contributed by atoms with Gasteiger partial charge in [-0.2, -0.15) is 0 Å². The number of ether oxygens (including phenoxy) is 2. The second-order valence-corrected chi connectivity index (χ2v) is 5.47. The molecular formula is C20H15F2NO3. The number of pyridine rings is 1. The second-order valence-electron chi connectivity index (χ2n) is 5.47. The fourth-order valence-corrected chi connectivity index (χ4v) is 2.41. The number of rotatable bonds is 5. The number of benzene rings is 2. The maximum atomic E-state index is 14.3. The Morgan fingerprint density at radius 2 is 1.77 bits per heavy atom. The lowest BCUT2D eigenvalue weighted by Gasteiger charge is -2.09. The molecule has 3 aromatic rings. The van der Waals surface area contributed by atoms with Crippen molar-refractivity contribution < 1.29 is 23.0 Å². The lowest BCUT2D eigenvalue weighted by atomic mass is 10.0. The van der Waals surface area contributed by atoms with Gasteiger partial charge in [-0.15, -0.1) is 0 Å². The monoisotopic (exact) mass is 355 g/mol. The molecule has 0 unspecified atom stereocenters. The van der Waals surface area contributed by atoms with E-state index in [0.717, 1.165) is 11.6 Å². The molecule has 26 heavy (non-hydrogen) atoms. The molecule has 0 aliphatic carbocycles. The van der Waals surface area contributed by atoms with E-state index in [1.54, 1.807) is 30.6 Å². The highest BCUT2D eigenvalue weighted by Crippen LogP contribution is 2.27. The summed E-state index contributed by atoms with van der Waals surface area (Å²) in [5, 5.41) is 0. The van der Waals surface area contributed by atoms with Crippen LogP contribution in [-0.4, -0.2) is 18.1 Å². The number of esters is 1. The number of nitrogens with zero attached hydrogens (tertiary/aromatic N) is 1. The van der Waals surface area contributed by atoms with Crippen molar-refractivity contribution in [1.29, 1.82) is 0 Å². The Morgan fingerprint density at radius 3 is 2.42 bits per heavy atom. The van der Waals surface area contributed by atoms with Gasteiger partial charge in [-0.25, -0.2) is 13.6 Å². The van der Waals surface area contributed by atoms with Crippen molar-refractivity contribution in [2.75, 3.05) is 7.11 Å². The smallest absolute Gasteiger partial charge is 0.341 e. The van der Waals surface area contributed by atoms with Crippen molar-refractivity contribution in [1.82, 2.24) is 4.98 Å². The number of methoxy groups -OCH3 is 1. The van der Waals surface area contributed by atoms with Gasteiger partial charge in [-0.1, -0.05) is 6.07 Å². The Labute approximate surface area is 149 Å². The van der Waals surface area contributed by atoms with Crippen LogP contribution in [0.1, 0.15) is 15.9 Å². The first-order chi connectivity index (χ1) is 12.6. The molecule has 0 N–H and O–H groups in total. The highest BCUT2D eigenvalue weighted by molar-refractivity contribution is 5.90. The van der Waals surface area contributed by atoms with E-state index in [-0.39, 0.29) is 17.7 Å². The molecule has 1 aromatic heterocycles. The molecule has 1 heterocycles. The van der Waals surface area contributed by atoms with E-state index in [0.29, 0.717) is 11.3 Å². The molecular weight excluding hydrogens is 340 g/mol. The summed E-state index contributed by atoms with van der Waals surface area (Å²) in [6.07, 6.45) is 3.14. The van der Waals surface area contributed by atoms with Crippen molar-refractivity contribution >= 4 is 5.97 Å². The first-order valence-corrected chi connectivity index (χ1v) is 7.78. The lowest BCUT2D eigenvalue weighted by Crippen LogP contribution is -2.07. The second kappa shape index (κ2) is 7.74. The molecule has 0 aliphatic rings. The van der Waals surface area contributed by atoms with Crippen molar-refractivity contribution in [3.63, 3.8) is 0 Å². The van der Waals surface area contributed by atoms with Crippen molar-refractivity contribution in [2.45, 2.75) is 6.61 Å². The van der Waals surface area contributed by atoms with Crippen LogP contribution in [-0.2, 0) is 11.3 Å². The van der Waals surface area contributed by atoms with Crippen LogP contribution >= 0.6 is 0 Å². The predicted molar refractivity (Wildman–Crippen MR) is 91.7 cm³/mol. The molecule has 132 valence electrons. The van der Waals surface area contributed by atoms with Crippen LogP contribution in [0.25, 0.3) is 11.1 Å². The fourth-order valence-electron chi connectivity index (χ4n) is 2.41. The van der Waals surface area contributed by atoms with Crippen LogP contribution in [0.15, 0.2) is 60.9 Å². The van der Waals surface area contributed by atoms with Gasteiger partial charge >= 0.3 is 5.97 Å². The summed E-state index contributed by atoms with van der Waals surface area (Å²) in [5.74, 6) is -1.75. The van der Waals surface area contributed by atoms with Crippen molar-refractivity contribution in [3.8, 4) is 16.9 Å². The van der Waals surface area contributed by atoms with E-state index in [2.05, 4.69) is 4.98 Å². The average molecular weight is 355 g/mol. The molecule has 3 rings (SSSR count). The van der Waals surface area contributed by atoms with Gasteiger partial charge in [0.2, 0.25) is 0 Å². The molecule has 0 saturated carbocycles. The summed E-state index contributed by atoms with van der Waals surface area (Å²) in [6.45, 7) is 0.00958. The van der Waals surface area contributed by atoms with Crippen LogP contribution in [0.3, 0.4) is 0 Å². The molecule has 0 atom stereocenters. The van der Waals surface area contributed by atoms with Gasteiger partial charge in [-0.05, 0) is 47.5 Å². The number of carbonyl (C=O) groups excluding carboxylic acids is 1. The molecule has 0 radical (unpaired) electrons. The molecule has 0 amide bonds. The summed E-state index contributed by atoms with van der Waals surface area (Å²) in [6, 6.07) is 11.5. The first kappa shape index (κ1) is 17.5. The normalized spacial score (nSPS) is 10.4. The zero-order chi connectivity index (χ0) is 18.5. The third-order valence-corrected chi connectivity index (χ3v) is 3.80. The Morgan fingerprint density at radius 1 is 1.00 bits per heavy atom. The third-order valence-electron chi connectivity index (χ3n) is 3.80. The highest BCUT2D eigenvalue weighted by atomic mass is 19.1. The fraction of sp³-hybridized carbons (Fsp3) is 0.100. The molecule has 6 heteroatoms. The predicted octanol–water partition coefficient (Wildman–Crippen LogP) is 4.39. The maximum absolute atomic E-state index is 14.3. The molecule has 0 bridgehead atoms. The minimum atomic E-state index is -0.791. The number of halogens is 2. The standard InChI is InChI=1S/C20H15F2NO3/c1-25-15-3-5-16(19(22)11-15)14-2-4-17(18(21)10-14)20(24)26-12-13-6-8-23-9-7-13/h2-11H,12H2,1H3. The molecule has 2 aromatic carbocycles. The van der Waals surface area contributed by atoms with Crippen LogP contribution < -0.4 is 4.74 Å². The van der Waals surface area contributed by atoms with Crippen molar-refractivity contribution in [3.05, 3.63) is 83.7 Å².